The van der Waals surface area contributed by atoms with Gasteiger partial charge in [-0.25, -0.2) is 8.42 Å². The Hall–Kier alpha value is -2.85. The van der Waals surface area contributed by atoms with Crippen molar-refractivity contribution in [2.45, 2.75) is 19.9 Å². The predicted octanol–water partition coefficient (Wildman–Crippen LogP) is 2.28. The van der Waals surface area contributed by atoms with Gasteiger partial charge in [-0.3, -0.25) is 4.72 Å². The molecule has 10 heteroatoms. The number of aliphatic hydroxyl groups excluding tert-OH is 1. The lowest BCUT2D eigenvalue weighted by Gasteiger charge is -2.27. The van der Waals surface area contributed by atoms with E-state index in [1.807, 2.05) is 24.8 Å². The molecule has 0 amide bonds. The lowest BCUT2D eigenvalue weighted by Crippen LogP contribution is -2.34. The number of sulfonamides is 1. The average molecular weight is 404 g/mol. The summed E-state index contributed by atoms with van der Waals surface area (Å²) in [6, 6.07) is 8.89. The maximum Gasteiger partial charge on any atom is 0.231 e. The molecule has 0 saturated carbocycles. The molecule has 1 aromatic carbocycles. The minimum absolute atomic E-state index is 0.00999. The zero-order valence-corrected chi connectivity index (χ0v) is 16.8. The lowest BCUT2D eigenvalue weighted by molar-refractivity contribution is 0.299. The molecule has 0 saturated heterocycles. The number of aliphatic hydroxyl groups is 1. The number of rotatable bonds is 8. The topological polar surface area (TPSA) is 123 Å². The van der Waals surface area contributed by atoms with Crippen LogP contribution in [0.5, 0.6) is 0 Å². The maximum atomic E-state index is 11.4. The van der Waals surface area contributed by atoms with E-state index in [2.05, 4.69) is 25.0 Å². The molecule has 3 rings (SSSR count). The third-order valence-electron chi connectivity index (χ3n) is 4.05. The van der Waals surface area contributed by atoms with Crippen molar-refractivity contribution in [1.29, 1.82) is 0 Å². The van der Waals surface area contributed by atoms with Gasteiger partial charge in [0.15, 0.2) is 0 Å². The van der Waals surface area contributed by atoms with E-state index in [4.69, 9.17) is 0 Å². The summed E-state index contributed by atoms with van der Waals surface area (Å²) >= 11 is 0. The molecule has 0 spiro atoms. The number of aromatic nitrogens is 3. The van der Waals surface area contributed by atoms with E-state index in [0.717, 1.165) is 11.6 Å². The summed E-state index contributed by atoms with van der Waals surface area (Å²) in [4.78, 5) is 14.2. The lowest BCUT2D eigenvalue weighted by atomic mass is 10.2. The van der Waals surface area contributed by atoms with Gasteiger partial charge in [0.2, 0.25) is 16.0 Å². The fourth-order valence-electron chi connectivity index (χ4n) is 2.92. The van der Waals surface area contributed by atoms with Crippen LogP contribution in [0, 0.1) is 0 Å². The monoisotopic (exact) mass is 404 g/mol. The number of aromatic amines is 1. The van der Waals surface area contributed by atoms with Gasteiger partial charge in [0, 0.05) is 24.5 Å². The van der Waals surface area contributed by atoms with E-state index >= 15 is 0 Å². The number of nitrogens with zero attached hydrogens (tertiary/aromatic N) is 3. The zero-order chi connectivity index (χ0) is 20.3. The van der Waals surface area contributed by atoms with Gasteiger partial charge < -0.3 is 20.3 Å². The third kappa shape index (κ3) is 4.70. The number of nitrogens with one attached hydrogen (secondary N) is 3. The van der Waals surface area contributed by atoms with Gasteiger partial charge in [0.05, 0.1) is 23.9 Å². The average Bonchev–Trinajstić information content (AvgIpc) is 3.06. The van der Waals surface area contributed by atoms with E-state index in [9.17, 15) is 13.5 Å². The highest BCUT2D eigenvalue weighted by Gasteiger charge is 2.18. The smallest absolute Gasteiger partial charge is 0.231 e. The van der Waals surface area contributed by atoms with Crippen molar-refractivity contribution in [3.05, 3.63) is 36.5 Å². The van der Waals surface area contributed by atoms with Crippen LogP contribution in [-0.2, 0) is 10.0 Å². The number of anilines is 4. The first-order valence-electron chi connectivity index (χ1n) is 8.84. The van der Waals surface area contributed by atoms with Gasteiger partial charge >= 0.3 is 0 Å². The molecule has 2 heterocycles. The van der Waals surface area contributed by atoms with Crippen molar-refractivity contribution < 1.29 is 13.5 Å². The predicted molar refractivity (Wildman–Crippen MR) is 112 cm³/mol. The fraction of sp³-hybridized carbons (Fsp3) is 0.333. The van der Waals surface area contributed by atoms with Crippen LogP contribution in [0.15, 0.2) is 36.5 Å². The Morgan fingerprint density at radius 1 is 1.21 bits per heavy atom. The Bertz CT molecular complexity index is 1060. The summed E-state index contributed by atoms with van der Waals surface area (Å²) in [5.41, 5.74) is 1.75. The van der Waals surface area contributed by atoms with E-state index < -0.39 is 10.0 Å². The Morgan fingerprint density at radius 3 is 2.64 bits per heavy atom. The van der Waals surface area contributed by atoms with Crippen molar-refractivity contribution in [2.75, 3.05) is 34.3 Å². The standard InChI is InChI=1S/C18H24N6O3S/c1-12(2)24(9-10-25)17-15-7-8-19-16(15)21-18(22-17)20-13-5-4-6-14(11-13)23-28(3,26)27/h4-8,11-12,23,25H,9-10H2,1-3H3,(H2,19,20,21,22). The first-order chi connectivity index (χ1) is 13.3. The van der Waals surface area contributed by atoms with Crippen LogP contribution in [0.3, 0.4) is 0 Å². The van der Waals surface area contributed by atoms with Crippen molar-refractivity contribution >= 4 is 44.2 Å². The quantitative estimate of drug-likeness (QED) is 0.454. The van der Waals surface area contributed by atoms with Crippen molar-refractivity contribution in [2.24, 2.45) is 0 Å². The molecule has 0 aliphatic heterocycles. The molecule has 0 aliphatic carbocycles. The molecule has 0 aliphatic rings. The Balaban J connectivity index is 1.97. The molecule has 28 heavy (non-hydrogen) atoms. The summed E-state index contributed by atoms with van der Waals surface area (Å²) < 4.78 is 25.3. The van der Waals surface area contributed by atoms with Gasteiger partial charge in [0.1, 0.15) is 11.5 Å². The highest BCUT2D eigenvalue weighted by molar-refractivity contribution is 7.92. The van der Waals surface area contributed by atoms with Crippen LogP contribution < -0.4 is 14.9 Å². The van der Waals surface area contributed by atoms with E-state index in [0.29, 0.717) is 35.3 Å². The Kier molecular flexibility index (Phi) is 5.71. The van der Waals surface area contributed by atoms with Crippen LogP contribution in [0.2, 0.25) is 0 Å². The highest BCUT2D eigenvalue weighted by atomic mass is 32.2. The summed E-state index contributed by atoms with van der Waals surface area (Å²) in [5.74, 6) is 1.08. The van der Waals surface area contributed by atoms with E-state index in [1.54, 1.807) is 30.5 Å². The van der Waals surface area contributed by atoms with Crippen LogP contribution >= 0.6 is 0 Å². The number of hydrogen-bond acceptors (Lipinski definition) is 7. The van der Waals surface area contributed by atoms with E-state index in [-0.39, 0.29) is 12.6 Å². The SMILES string of the molecule is CC(C)N(CCO)c1nc(Nc2cccc(NS(C)(=O)=O)c2)nc2[nH]ccc12. The summed E-state index contributed by atoms with van der Waals surface area (Å²) in [5, 5.41) is 13.4. The summed E-state index contributed by atoms with van der Waals surface area (Å²) in [6.07, 6.45) is 2.89. The van der Waals surface area contributed by atoms with Crippen molar-refractivity contribution in [3.8, 4) is 0 Å². The number of H-pyrrole nitrogens is 1. The molecule has 0 unspecified atom stereocenters. The number of benzene rings is 1. The Morgan fingerprint density at radius 2 is 1.96 bits per heavy atom. The van der Waals surface area contributed by atoms with E-state index in [1.165, 1.54) is 0 Å². The molecule has 3 aromatic rings. The molecule has 9 nitrogen and oxygen atoms in total. The minimum atomic E-state index is -3.37. The number of hydrogen-bond donors (Lipinski definition) is 4. The normalized spacial score (nSPS) is 11.8. The zero-order valence-electron chi connectivity index (χ0n) is 16.0. The van der Waals surface area contributed by atoms with Gasteiger partial charge in [-0.15, -0.1) is 0 Å². The third-order valence-corrected chi connectivity index (χ3v) is 4.66. The fourth-order valence-corrected chi connectivity index (χ4v) is 3.47. The second-order valence-electron chi connectivity index (χ2n) is 6.70. The highest BCUT2D eigenvalue weighted by Crippen LogP contribution is 2.27. The molecule has 150 valence electrons. The molecule has 2 aromatic heterocycles. The van der Waals surface area contributed by atoms with Crippen LogP contribution in [-0.4, -0.2) is 53.9 Å². The molecule has 0 atom stereocenters. The van der Waals surface area contributed by atoms with Gasteiger partial charge in [0.25, 0.3) is 0 Å². The van der Waals surface area contributed by atoms with Crippen LogP contribution in [0.4, 0.5) is 23.1 Å². The largest absolute Gasteiger partial charge is 0.395 e. The van der Waals surface area contributed by atoms with Gasteiger partial charge in [-0.2, -0.15) is 9.97 Å². The van der Waals surface area contributed by atoms with Crippen molar-refractivity contribution in [1.82, 2.24) is 15.0 Å². The molecule has 0 radical (unpaired) electrons. The molecule has 0 bridgehead atoms. The van der Waals surface area contributed by atoms with Gasteiger partial charge in [-0.05, 0) is 38.1 Å². The molecular formula is C18H24N6O3S. The number of fused-ring (bicyclic) bond motifs is 1. The molecule has 4 N–H and O–H groups in total. The minimum Gasteiger partial charge on any atom is -0.395 e. The Labute approximate surface area is 163 Å². The maximum absolute atomic E-state index is 11.4. The summed E-state index contributed by atoms with van der Waals surface area (Å²) in [6.45, 7) is 4.52. The van der Waals surface area contributed by atoms with Crippen LogP contribution in [0.25, 0.3) is 11.0 Å². The first kappa shape index (κ1) is 19.9. The molecule has 0 fully saturated rings. The second kappa shape index (κ2) is 8.03. The first-order valence-corrected chi connectivity index (χ1v) is 10.7. The van der Waals surface area contributed by atoms with Crippen molar-refractivity contribution in [3.63, 3.8) is 0 Å². The van der Waals surface area contributed by atoms with Crippen LogP contribution in [0.1, 0.15) is 13.8 Å². The summed E-state index contributed by atoms with van der Waals surface area (Å²) in [7, 11) is -3.37. The molecular weight excluding hydrogens is 380 g/mol. The van der Waals surface area contributed by atoms with Gasteiger partial charge in [-0.1, -0.05) is 6.07 Å². The second-order valence-corrected chi connectivity index (χ2v) is 8.45.